The predicted molar refractivity (Wildman–Crippen MR) is 77.1 cm³/mol. The topological polar surface area (TPSA) is 49.3 Å². The third-order valence-corrected chi connectivity index (χ3v) is 3.89. The summed E-state index contributed by atoms with van der Waals surface area (Å²) in [5.41, 5.74) is 1.96. The number of rotatable bonds is 6. The minimum atomic E-state index is -0.814. The molecule has 0 saturated heterocycles. The van der Waals surface area contributed by atoms with Crippen molar-refractivity contribution in [1.82, 2.24) is 5.32 Å². The third-order valence-electron chi connectivity index (χ3n) is 2.74. The minimum absolute atomic E-state index is 0.484. The maximum atomic E-state index is 11.0. The fraction of sp³-hybridized carbons (Fsp3) is 0.462. The lowest BCUT2D eigenvalue weighted by atomic mass is 10.1. The smallest absolute Gasteiger partial charge is 0.320 e. The van der Waals surface area contributed by atoms with Crippen molar-refractivity contribution in [3.63, 3.8) is 0 Å². The number of nitrogens with one attached hydrogen (secondary N) is 1. The average Bonchev–Trinajstić information content (AvgIpc) is 2.30. The van der Waals surface area contributed by atoms with Crippen molar-refractivity contribution < 1.29 is 9.90 Å². The van der Waals surface area contributed by atoms with Crippen molar-refractivity contribution in [2.75, 3.05) is 0 Å². The Morgan fingerprint density at radius 1 is 1.56 bits per heavy atom. The first kappa shape index (κ1) is 15.5. The molecule has 0 aliphatic rings. The Hall–Kier alpha value is -0.580. The monoisotopic (exact) mass is 333 g/mol. The lowest BCUT2D eigenvalue weighted by Gasteiger charge is -2.15. The molecular weight excluding hydrogens is 318 g/mol. The fourth-order valence-electron chi connectivity index (χ4n) is 1.66. The van der Waals surface area contributed by atoms with E-state index in [2.05, 4.69) is 21.2 Å². The highest BCUT2D eigenvalue weighted by molar-refractivity contribution is 9.10. The average molecular weight is 335 g/mol. The van der Waals surface area contributed by atoms with Gasteiger partial charge >= 0.3 is 5.97 Å². The SMILES string of the molecule is CCCC(NCc1cc(Cl)c(C)cc1Br)C(=O)O. The van der Waals surface area contributed by atoms with Crippen LogP contribution in [0.5, 0.6) is 0 Å². The van der Waals surface area contributed by atoms with E-state index in [0.29, 0.717) is 18.0 Å². The maximum absolute atomic E-state index is 11.0. The molecule has 0 radical (unpaired) electrons. The van der Waals surface area contributed by atoms with Crippen LogP contribution in [-0.4, -0.2) is 17.1 Å². The summed E-state index contributed by atoms with van der Waals surface area (Å²) < 4.78 is 0.942. The molecule has 3 nitrogen and oxygen atoms in total. The molecule has 0 bridgehead atoms. The molecule has 1 unspecified atom stereocenters. The van der Waals surface area contributed by atoms with E-state index < -0.39 is 12.0 Å². The Morgan fingerprint density at radius 3 is 2.78 bits per heavy atom. The molecule has 1 rings (SSSR count). The first-order valence-corrected chi connectivity index (χ1v) is 7.03. The zero-order chi connectivity index (χ0) is 13.7. The van der Waals surface area contributed by atoms with Gasteiger partial charge in [0.15, 0.2) is 0 Å². The minimum Gasteiger partial charge on any atom is -0.480 e. The molecule has 100 valence electrons. The molecule has 0 fully saturated rings. The van der Waals surface area contributed by atoms with Gasteiger partial charge in [-0.25, -0.2) is 0 Å². The molecule has 1 aromatic rings. The van der Waals surface area contributed by atoms with Gasteiger partial charge < -0.3 is 10.4 Å². The molecule has 0 heterocycles. The second-order valence-electron chi connectivity index (χ2n) is 4.25. The Bertz CT molecular complexity index is 437. The van der Waals surface area contributed by atoms with E-state index in [9.17, 15) is 4.79 Å². The first-order valence-electron chi connectivity index (χ1n) is 5.86. The number of carboxylic acids is 1. The Labute approximate surface area is 121 Å². The normalized spacial score (nSPS) is 12.4. The number of carbonyl (C=O) groups is 1. The van der Waals surface area contributed by atoms with Crippen LogP contribution in [0, 0.1) is 6.92 Å². The molecular formula is C13H17BrClNO2. The zero-order valence-corrected chi connectivity index (χ0v) is 12.8. The van der Waals surface area contributed by atoms with Crippen LogP contribution in [0.2, 0.25) is 5.02 Å². The van der Waals surface area contributed by atoms with Gasteiger partial charge in [0.1, 0.15) is 6.04 Å². The van der Waals surface area contributed by atoms with Crippen LogP contribution in [0.25, 0.3) is 0 Å². The Morgan fingerprint density at radius 2 is 2.22 bits per heavy atom. The summed E-state index contributed by atoms with van der Waals surface area (Å²) in [4.78, 5) is 11.0. The second-order valence-corrected chi connectivity index (χ2v) is 5.51. The summed E-state index contributed by atoms with van der Waals surface area (Å²) in [6.07, 6.45) is 1.45. The van der Waals surface area contributed by atoms with Crippen molar-refractivity contribution in [3.8, 4) is 0 Å². The number of hydrogen-bond acceptors (Lipinski definition) is 2. The second kappa shape index (κ2) is 7.12. The van der Waals surface area contributed by atoms with Gasteiger partial charge in [0, 0.05) is 16.0 Å². The highest BCUT2D eigenvalue weighted by Crippen LogP contribution is 2.25. The number of benzene rings is 1. The van der Waals surface area contributed by atoms with Gasteiger partial charge in [-0.2, -0.15) is 0 Å². The fourth-order valence-corrected chi connectivity index (χ4v) is 2.44. The van der Waals surface area contributed by atoms with E-state index in [-0.39, 0.29) is 0 Å². The number of carboxylic acid groups (broad SMARTS) is 1. The molecule has 5 heteroatoms. The van der Waals surface area contributed by atoms with E-state index in [1.165, 1.54) is 0 Å². The van der Waals surface area contributed by atoms with Crippen molar-refractivity contribution in [2.45, 2.75) is 39.3 Å². The summed E-state index contributed by atoms with van der Waals surface area (Å²) in [6.45, 7) is 4.38. The molecule has 1 aromatic carbocycles. The molecule has 0 spiro atoms. The van der Waals surface area contributed by atoms with E-state index in [1.54, 1.807) is 0 Å². The van der Waals surface area contributed by atoms with Gasteiger partial charge in [-0.1, -0.05) is 40.9 Å². The summed E-state index contributed by atoms with van der Waals surface area (Å²) >= 11 is 9.52. The third kappa shape index (κ3) is 4.26. The van der Waals surface area contributed by atoms with Crippen LogP contribution < -0.4 is 5.32 Å². The highest BCUT2D eigenvalue weighted by Gasteiger charge is 2.16. The molecule has 1 atom stereocenters. The molecule has 0 aliphatic carbocycles. The largest absolute Gasteiger partial charge is 0.480 e. The molecule has 0 amide bonds. The van der Waals surface area contributed by atoms with Crippen LogP contribution in [0.3, 0.4) is 0 Å². The molecule has 0 aliphatic heterocycles. The van der Waals surface area contributed by atoms with E-state index >= 15 is 0 Å². The number of hydrogen-bond donors (Lipinski definition) is 2. The van der Waals surface area contributed by atoms with Crippen molar-refractivity contribution in [2.24, 2.45) is 0 Å². The van der Waals surface area contributed by atoms with Crippen molar-refractivity contribution in [1.29, 1.82) is 0 Å². The van der Waals surface area contributed by atoms with Gasteiger partial charge in [0.2, 0.25) is 0 Å². The lowest BCUT2D eigenvalue weighted by Crippen LogP contribution is -2.36. The Balaban J connectivity index is 2.73. The highest BCUT2D eigenvalue weighted by atomic mass is 79.9. The zero-order valence-electron chi connectivity index (χ0n) is 10.5. The van der Waals surface area contributed by atoms with E-state index in [4.69, 9.17) is 16.7 Å². The van der Waals surface area contributed by atoms with Crippen LogP contribution in [0.4, 0.5) is 0 Å². The van der Waals surface area contributed by atoms with Crippen LogP contribution in [-0.2, 0) is 11.3 Å². The molecule has 0 saturated carbocycles. The number of aliphatic carboxylic acids is 1. The molecule has 0 aromatic heterocycles. The quantitative estimate of drug-likeness (QED) is 0.833. The summed E-state index contributed by atoms with van der Waals surface area (Å²) in [5.74, 6) is -0.814. The van der Waals surface area contributed by atoms with Gasteiger partial charge in [0.05, 0.1) is 0 Å². The first-order chi connectivity index (χ1) is 8.45. The van der Waals surface area contributed by atoms with E-state index in [1.807, 2.05) is 26.0 Å². The predicted octanol–water partition coefficient (Wildman–Crippen LogP) is 3.75. The van der Waals surface area contributed by atoms with Gasteiger partial charge in [0.25, 0.3) is 0 Å². The van der Waals surface area contributed by atoms with Gasteiger partial charge in [-0.05, 0) is 36.6 Å². The van der Waals surface area contributed by atoms with Crippen LogP contribution >= 0.6 is 27.5 Å². The van der Waals surface area contributed by atoms with Crippen molar-refractivity contribution >= 4 is 33.5 Å². The summed E-state index contributed by atoms with van der Waals surface area (Å²) in [7, 11) is 0. The van der Waals surface area contributed by atoms with Gasteiger partial charge in [-0.3, -0.25) is 4.79 Å². The molecule has 2 N–H and O–H groups in total. The van der Waals surface area contributed by atoms with Crippen LogP contribution in [0.15, 0.2) is 16.6 Å². The number of aryl methyl sites for hydroxylation is 1. The summed E-state index contributed by atoms with van der Waals surface area (Å²) in [5, 5.41) is 12.8. The van der Waals surface area contributed by atoms with Crippen LogP contribution in [0.1, 0.15) is 30.9 Å². The van der Waals surface area contributed by atoms with Gasteiger partial charge in [-0.15, -0.1) is 0 Å². The van der Waals surface area contributed by atoms with E-state index in [0.717, 1.165) is 22.0 Å². The molecule has 18 heavy (non-hydrogen) atoms. The standard InChI is InChI=1S/C13H17BrClNO2/c1-3-4-12(13(17)18)16-7-9-6-11(15)8(2)5-10(9)14/h5-6,12,16H,3-4,7H2,1-2H3,(H,17,18). The lowest BCUT2D eigenvalue weighted by molar-refractivity contribution is -0.139. The Kier molecular flexibility index (Phi) is 6.12. The van der Waals surface area contributed by atoms with Crippen molar-refractivity contribution in [3.05, 3.63) is 32.8 Å². The maximum Gasteiger partial charge on any atom is 0.320 e. The number of halogens is 2. The summed E-state index contributed by atoms with van der Waals surface area (Å²) in [6, 6.07) is 3.29.